The van der Waals surface area contributed by atoms with Gasteiger partial charge in [0.15, 0.2) is 0 Å². The quantitative estimate of drug-likeness (QED) is 0.917. The molecule has 5 heteroatoms. The molecule has 2 fully saturated rings. The lowest BCUT2D eigenvalue weighted by molar-refractivity contribution is -0.132. The zero-order chi connectivity index (χ0) is 15.7. The molecule has 1 saturated carbocycles. The summed E-state index contributed by atoms with van der Waals surface area (Å²) in [5, 5.41) is 0. The number of likely N-dealkylation sites (N-methyl/N-ethyl adjacent to an activating group) is 1. The van der Waals surface area contributed by atoms with Gasteiger partial charge in [0.2, 0.25) is 5.91 Å². The summed E-state index contributed by atoms with van der Waals surface area (Å²) in [6, 6.07) is 10.6. The van der Waals surface area contributed by atoms with Crippen LogP contribution in [0.4, 0.5) is 0 Å². The van der Waals surface area contributed by atoms with Crippen molar-refractivity contribution in [3.05, 3.63) is 35.9 Å². The van der Waals surface area contributed by atoms with Crippen LogP contribution in [0, 0.1) is 11.8 Å². The first-order chi connectivity index (χ1) is 10.6. The molecule has 1 saturated heterocycles. The summed E-state index contributed by atoms with van der Waals surface area (Å²) in [7, 11) is 1.91. The van der Waals surface area contributed by atoms with Gasteiger partial charge in [-0.3, -0.25) is 9.69 Å². The summed E-state index contributed by atoms with van der Waals surface area (Å²) in [4.78, 5) is 16.7. The van der Waals surface area contributed by atoms with Gasteiger partial charge in [0, 0.05) is 26.2 Å². The van der Waals surface area contributed by atoms with Gasteiger partial charge in [-0.25, -0.2) is 0 Å². The highest BCUT2D eigenvalue weighted by Gasteiger charge is 2.41. The van der Waals surface area contributed by atoms with E-state index in [0.717, 1.165) is 19.5 Å². The van der Waals surface area contributed by atoms with Crippen LogP contribution in [0.3, 0.4) is 0 Å². The highest BCUT2D eigenvalue weighted by atomic mass is 35.5. The molecule has 1 heterocycles. The maximum Gasteiger partial charge on any atom is 0.236 e. The van der Waals surface area contributed by atoms with Gasteiger partial charge in [-0.2, -0.15) is 0 Å². The van der Waals surface area contributed by atoms with Crippen molar-refractivity contribution in [3.8, 4) is 0 Å². The molecule has 4 unspecified atom stereocenters. The number of rotatable bonds is 4. The average Bonchev–Trinajstić information content (AvgIpc) is 3.08. The summed E-state index contributed by atoms with van der Waals surface area (Å²) in [6.07, 6.45) is 2.38. The minimum absolute atomic E-state index is 0. The molecule has 0 aromatic heterocycles. The van der Waals surface area contributed by atoms with Gasteiger partial charge >= 0.3 is 0 Å². The fourth-order valence-corrected chi connectivity index (χ4v) is 4.00. The Morgan fingerprint density at radius 3 is 2.65 bits per heavy atom. The maximum atomic E-state index is 12.6. The van der Waals surface area contributed by atoms with Crippen LogP contribution in [-0.4, -0.2) is 48.4 Å². The van der Waals surface area contributed by atoms with E-state index in [4.69, 9.17) is 5.73 Å². The van der Waals surface area contributed by atoms with E-state index >= 15 is 0 Å². The Balaban J connectivity index is 0.00000192. The summed E-state index contributed by atoms with van der Waals surface area (Å²) < 4.78 is 0. The molecular formula is C18H28ClN3O. The molecule has 0 spiro atoms. The maximum absolute atomic E-state index is 12.6. The molecule has 128 valence electrons. The third-order valence-corrected chi connectivity index (χ3v) is 5.60. The van der Waals surface area contributed by atoms with Crippen LogP contribution in [0.1, 0.15) is 31.4 Å². The number of likely N-dealkylation sites (tertiary alicyclic amines) is 1. The molecule has 0 radical (unpaired) electrons. The van der Waals surface area contributed by atoms with E-state index in [2.05, 4.69) is 24.0 Å². The van der Waals surface area contributed by atoms with E-state index in [9.17, 15) is 4.79 Å². The summed E-state index contributed by atoms with van der Waals surface area (Å²) in [5.41, 5.74) is 7.35. The van der Waals surface area contributed by atoms with E-state index in [1.54, 1.807) is 0 Å². The normalized spacial score (nSPS) is 28.0. The van der Waals surface area contributed by atoms with Gasteiger partial charge in [-0.05, 0) is 37.2 Å². The van der Waals surface area contributed by atoms with Crippen LogP contribution in [0.2, 0.25) is 0 Å². The third-order valence-electron chi connectivity index (χ3n) is 5.60. The van der Waals surface area contributed by atoms with Gasteiger partial charge in [-0.1, -0.05) is 30.3 Å². The number of carbonyl (C=O) groups excluding carboxylic acids is 1. The second-order valence-corrected chi connectivity index (χ2v) is 6.95. The van der Waals surface area contributed by atoms with Crippen molar-refractivity contribution in [1.82, 2.24) is 9.80 Å². The second kappa shape index (κ2) is 7.65. The third kappa shape index (κ3) is 3.87. The lowest BCUT2D eigenvalue weighted by Crippen LogP contribution is -2.39. The molecular weight excluding hydrogens is 310 g/mol. The molecule has 1 aromatic rings. The zero-order valence-electron chi connectivity index (χ0n) is 14.0. The standard InChI is InChI=1S/C18H27N3O.ClH/c1-13(14-6-4-3-5-7-14)20(2)18(22)12-21-10-15-8-9-17(19)16(15)11-21;/h3-7,13,15-17H,8-12,19H2,1-2H3;1H. The molecule has 4 nitrogen and oxygen atoms in total. The Kier molecular flexibility index (Phi) is 6.06. The topological polar surface area (TPSA) is 49.6 Å². The van der Waals surface area contributed by atoms with Crippen molar-refractivity contribution in [2.45, 2.75) is 31.8 Å². The number of nitrogens with zero attached hydrogens (tertiary/aromatic N) is 2. The van der Waals surface area contributed by atoms with E-state index in [-0.39, 0.29) is 24.4 Å². The summed E-state index contributed by atoms with van der Waals surface area (Å²) in [6.45, 7) is 4.64. The number of hydrogen-bond acceptors (Lipinski definition) is 3. The summed E-state index contributed by atoms with van der Waals surface area (Å²) >= 11 is 0. The van der Waals surface area contributed by atoms with Gasteiger partial charge in [0.1, 0.15) is 0 Å². The molecule has 23 heavy (non-hydrogen) atoms. The Morgan fingerprint density at radius 1 is 1.30 bits per heavy atom. The van der Waals surface area contributed by atoms with Crippen LogP contribution >= 0.6 is 12.4 Å². The van der Waals surface area contributed by atoms with Gasteiger partial charge < -0.3 is 10.6 Å². The molecule has 1 aromatic carbocycles. The Bertz CT molecular complexity index is 524. The van der Waals surface area contributed by atoms with E-state index in [0.29, 0.717) is 24.4 Å². The molecule has 2 aliphatic rings. The van der Waals surface area contributed by atoms with E-state index in [1.807, 2.05) is 30.1 Å². The van der Waals surface area contributed by atoms with Crippen molar-refractivity contribution >= 4 is 18.3 Å². The lowest BCUT2D eigenvalue weighted by Gasteiger charge is -2.28. The molecule has 2 N–H and O–H groups in total. The highest BCUT2D eigenvalue weighted by Crippen LogP contribution is 2.37. The Labute approximate surface area is 145 Å². The van der Waals surface area contributed by atoms with Crippen molar-refractivity contribution in [3.63, 3.8) is 0 Å². The molecule has 1 aliphatic carbocycles. The molecule has 1 amide bonds. The SMILES string of the molecule is CC(c1ccccc1)N(C)C(=O)CN1CC2CCC(N)C2C1.Cl. The number of benzene rings is 1. The van der Waals surface area contributed by atoms with Crippen molar-refractivity contribution in [2.24, 2.45) is 17.6 Å². The number of halogens is 1. The van der Waals surface area contributed by atoms with Gasteiger partial charge in [0.25, 0.3) is 0 Å². The van der Waals surface area contributed by atoms with Crippen molar-refractivity contribution in [1.29, 1.82) is 0 Å². The van der Waals surface area contributed by atoms with Crippen LogP contribution in [-0.2, 0) is 4.79 Å². The van der Waals surface area contributed by atoms with Crippen molar-refractivity contribution < 1.29 is 4.79 Å². The fourth-order valence-electron chi connectivity index (χ4n) is 4.00. The smallest absolute Gasteiger partial charge is 0.236 e. The predicted molar refractivity (Wildman–Crippen MR) is 95.5 cm³/mol. The lowest BCUT2D eigenvalue weighted by atomic mass is 9.98. The van der Waals surface area contributed by atoms with Crippen LogP contribution in [0.15, 0.2) is 30.3 Å². The van der Waals surface area contributed by atoms with E-state index < -0.39 is 0 Å². The summed E-state index contributed by atoms with van der Waals surface area (Å²) in [5.74, 6) is 1.51. The van der Waals surface area contributed by atoms with Crippen LogP contribution in [0.25, 0.3) is 0 Å². The number of carbonyl (C=O) groups is 1. The van der Waals surface area contributed by atoms with Gasteiger partial charge in [0.05, 0.1) is 12.6 Å². The fraction of sp³-hybridized carbons (Fsp3) is 0.611. The number of hydrogen-bond donors (Lipinski definition) is 1. The largest absolute Gasteiger partial charge is 0.338 e. The number of amides is 1. The number of nitrogens with two attached hydrogens (primary N) is 1. The average molecular weight is 338 g/mol. The first kappa shape index (κ1) is 18.2. The minimum atomic E-state index is 0. The Morgan fingerprint density at radius 2 is 2.00 bits per heavy atom. The van der Waals surface area contributed by atoms with Gasteiger partial charge in [-0.15, -0.1) is 12.4 Å². The minimum Gasteiger partial charge on any atom is -0.338 e. The molecule has 1 aliphatic heterocycles. The Hall–Kier alpha value is -1.10. The van der Waals surface area contributed by atoms with Crippen LogP contribution < -0.4 is 5.73 Å². The molecule has 3 rings (SSSR count). The molecule has 0 bridgehead atoms. The van der Waals surface area contributed by atoms with Crippen molar-refractivity contribution in [2.75, 3.05) is 26.7 Å². The van der Waals surface area contributed by atoms with E-state index in [1.165, 1.54) is 12.0 Å². The molecule has 4 atom stereocenters. The second-order valence-electron chi connectivity index (χ2n) is 6.95. The first-order valence-electron chi connectivity index (χ1n) is 8.35. The highest BCUT2D eigenvalue weighted by molar-refractivity contribution is 5.85. The predicted octanol–water partition coefficient (Wildman–Crippen LogP) is 2.30. The first-order valence-corrected chi connectivity index (χ1v) is 8.35. The monoisotopic (exact) mass is 337 g/mol. The number of fused-ring (bicyclic) bond motifs is 1. The zero-order valence-corrected chi connectivity index (χ0v) is 14.8. The van der Waals surface area contributed by atoms with Crippen LogP contribution in [0.5, 0.6) is 0 Å².